The lowest BCUT2D eigenvalue weighted by Gasteiger charge is -2.33. The number of nitrogens with two attached hydrogens (primary N) is 1. The van der Waals surface area contributed by atoms with Crippen LogP contribution in [0.2, 0.25) is 0 Å². The van der Waals surface area contributed by atoms with Gasteiger partial charge >= 0.3 is 0 Å². The van der Waals surface area contributed by atoms with Gasteiger partial charge in [-0.15, -0.1) is 0 Å². The monoisotopic (exact) mass is 297 g/mol. The van der Waals surface area contributed by atoms with E-state index in [0.29, 0.717) is 0 Å². The fourth-order valence-corrected chi connectivity index (χ4v) is 2.16. The van der Waals surface area contributed by atoms with Crippen LogP contribution in [0, 0.1) is 11.6 Å². The maximum atomic E-state index is 13.4. The molecule has 1 unspecified atom stereocenters. The van der Waals surface area contributed by atoms with E-state index >= 15 is 0 Å². The Bertz CT molecular complexity index is 610. The number of benzene rings is 1. The highest BCUT2D eigenvalue weighted by molar-refractivity contribution is 6.07. The topological polar surface area (TPSA) is 92.5 Å². The average molecular weight is 297 g/mol. The van der Waals surface area contributed by atoms with E-state index in [1.165, 1.54) is 0 Å². The second kappa shape index (κ2) is 5.47. The predicted molar refractivity (Wildman–Crippen MR) is 69.0 cm³/mol. The quantitative estimate of drug-likeness (QED) is 0.611. The Labute approximate surface area is 118 Å². The molecule has 3 N–H and O–H groups in total. The van der Waals surface area contributed by atoms with Crippen molar-refractivity contribution < 1.29 is 23.2 Å². The van der Waals surface area contributed by atoms with Crippen molar-refractivity contribution in [3.63, 3.8) is 0 Å². The molecule has 8 heteroatoms. The molecule has 3 amide bonds. The van der Waals surface area contributed by atoms with Crippen LogP contribution >= 0.6 is 0 Å². The molecule has 0 aliphatic carbocycles. The largest absolute Gasteiger partial charge is 0.394 e. The highest BCUT2D eigenvalue weighted by atomic mass is 19.1. The van der Waals surface area contributed by atoms with Crippen molar-refractivity contribution in [3.8, 4) is 0 Å². The molecule has 0 bridgehead atoms. The van der Waals surface area contributed by atoms with E-state index in [9.17, 15) is 23.2 Å². The minimum Gasteiger partial charge on any atom is -0.394 e. The van der Waals surface area contributed by atoms with Crippen LogP contribution in [0.5, 0.6) is 0 Å². The van der Waals surface area contributed by atoms with E-state index in [0.717, 1.165) is 17.0 Å². The lowest BCUT2D eigenvalue weighted by molar-refractivity contribution is -0.138. The molecule has 1 aromatic rings. The molecule has 112 valence electrons. The van der Waals surface area contributed by atoms with Gasteiger partial charge in [-0.3, -0.25) is 19.7 Å². The minimum absolute atomic E-state index is 0.269. The van der Waals surface area contributed by atoms with Crippen molar-refractivity contribution in [1.82, 2.24) is 10.2 Å². The van der Waals surface area contributed by atoms with Gasteiger partial charge in [-0.2, -0.15) is 0 Å². The second-order valence-corrected chi connectivity index (χ2v) is 4.62. The lowest BCUT2D eigenvalue weighted by atomic mass is 10.1. The van der Waals surface area contributed by atoms with E-state index in [4.69, 9.17) is 5.73 Å². The number of nitrogens with zero attached hydrogens (tertiary/aromatic N) is 1. The molecule has 1 aliphatic rings. The first-order chi connectivity index (χ1) is 9.85. The molecule has 0 aromatic heterocycles. The summed E-state index contributed by atoms with van der Waals surface area (Å²) in [5, 5.41) is 2.11. The van der Waals surface area contributed by atoms with Crippen LogP contribution in [-0.4, -0.2) is 35.2 Å². The van der Waals surface area contributed by atoms with Gasteiger partial charge in [0.25, 0.3) is 5.91 Å². The molecular formula is C13H13F2N3O3. The molecule has 6 nitrogen and oxygen atoms in total. The summed E-state index contributed by atoms with van der Waals surface area (Å²) in [6.45, 7) is 1.31. The molecule has 1 aliphatic heterocycles. The Kier molecular flexibility index (Phi) is 3.88. The highest BCUT2D eigenvalue weighted by Crippen LogP contribution is 2.20. The molecule has 0 saturated carbocycles. The molecule has 1 heterocycles. The first-order valence-electron chi connectivity index (χ1n) is 6.24. The number of imide groups is 1. The van der Waals surface area contributed by atoms with Gasteiger partial charge in [-0.1, -0.05) is 6.92 Å². The van der Waals surface area contributed by atoms with E-state index in [1.807, 2.05) is 0 Å². The van der Waals surface area contributed by atoms with Crippen LogP contribution < -0.4 is 11.1 Å². The van der Waals surface area contributed by atoms with Crippen LogP contribution in [0.1, 0.15) is 23.7 Å². The van der Waals surface area contributed by atoms with Crippen LogP contribution in [0.25, 0.3) is 0 Å². The lowest BCUT2D eigenvalue weighted by Crippen LogP contribution is -2.59. The number of nitrogen functional groups attached to an aromatic ring is 1. The number of rotatable bonds is 2. The Morgan fingerprint density at radius 1 is 1.38 bits per heavy atom. The molecule has 0 spiro atoms. The molecule has 2 rings (SSSR count). The summed E-state index contributed by atoms with van der Waals surface area (Å²) in [4.78, 5) is 36.3. The van der Waals surface area contributed by atoms with Crippen molar-refractivity contribution in [1.29, 1.82) is 0 Å². The van der Waals surface area contributed by atoms with Crippen LogP contribution in [-0.2, 0) is 9.59 Å². The Morgan fingerprint density at radius 3 is 2.48 bits per heavy atom. The normalized spacial score (nSPS) is 18.6. The van der Waals surface area contributed by atoms with Gasteiger partial charge in [-0.05, 0) is 18.6 Å². The standard InChI is InChI=1S/C13H13F2N3O3/c1-2-9-12(20)17-10(19)5-18(9)13(21)6-3-7(14)11(16)8(15)4-6/h3-4,9H,2,5,16H2,1H3,(H,17,19,20). The Hall–Kier alpha value is -2.51. The minimum atomic E-state index is -1.07. The number of amides is 3. The summed E-state index contributed by atoms with van der Waals surface area (Å²) < 4.78 is 26.8. The average Bonchev–Trinajstić information content (AvgIpc) is 2.42. The highest BCUT2D eigenvalue weighted by Gasteiger charge is 2.36. The Morgan fingerprint density at radius 2 is 1.95 bits per heavy atom. The van der Waals surface area contributed by atoms with Crippen LogP contribution in [0.4, 0.5) is 14.5 Å². The van der Waals surface area contributed by atoms with Gasteiger partial charge in [0.2, 0.25) is 11.8 Å². The van der Waals surface area contributed by atoms with Crippen molar-refractivity contribution in [3.05, 3.63) is 29.3 Å². The summed E-state index contributed by atoms with van der Waals surface area (Å²) in [6, 6.07) is 0.702. The third-order valence-corrected chi connectivity index (χ3v) is 3.23. The zero-order valence-corrected chi connectivity index (χ0v) is 11.2. The predicted octanol–water partition coefficient (Wildman–Crippen LogP) is 0.424. The number of piperazine rings is 1. The third kappa shape index (κ3) is 2.69. The summed E-state index contributed by atoms with van der Waals surface area (Å²) in [5.41, 5.74) is 4.14. The van der Waals surface area contributed by atoms with Gasteiger partial charge < -0.3 is 10.6 Å². The fourth-order valence-electron chi connectivity index (χ4n) is 2.16. The zero-order valence-electron chi connectivity index (χ0n) is 11.2. The van der Waals surface area contributed by atoms with Crippen molar-refractivity contribution >= 4 is 23.4 Å². The summed E-state index contributed by atoms with van der Waals surface area (Å²) in [7, 11) is 0. The van der Waals surface area contributed by atoms with Gasteiger partial charge in [0, 0.05) is 5.56 Å². The zero-order chi connectivity index (χ0) is 15.7. The van der Waals surface area contributed by atoms with E-state index in [-0.39, 0.29) is 18.5 Å². The second-order valence-electron chi connectivity index (χ2n) is 4.62. The van der Waals surface area contributed by atoms with Crippen LogP contribution in [0.3, 0.4) is 0 Å². The molecular weight excluding hydrogens is 284 g/mol. The maximum Gasteiger partial charge on any atom is 0.255 e. The Balaban J connectivity index is 2.38. The molecule has 1 saturated heterocycles. The van der Waals surface area contributed by atoms with E-state index in [1.54, 1.807) is 6.92 Å². The number of carbonyl (C=O) groups excluding carboxylic acids is 3. The number of hydrogen-bond acceptors (Lipinski definition) is 4. The van der Waals surface area contributed by atoms with Crippen LogP contribution in [0.15, 0.2) is 12.1 Å². The number of anilines is 1. The maximum absolute atomic E-state index is 13.4. The molecule has 1 fully saturated rings. The molecule has 1 aromatic carbocycles. The van der Waals surface area contributed by atoms with Gasteiger partial charge in [-0.25, -0.2) is 8.78 Å². The van der Waals surface area contributed by atoms with E-state index < -0.39 is 41.1 Å². The fraction of sp³-hybridized carbons (Fsp3) is 0.308. The molecule has 0 radical (unpaired) electrons. The van der Waals surface area contributed by atoms with Gasteiger partial charge in [0.15, 0.2) is 0 Å². The summed E-state index contributed by atoms with van der Waals surface area (Å²) in [6.07, 6.45) is 0.269. The number of carbonyl (C=O) groups is 3. The van der Waals surface area contributed by atoms with Crippen molar-refractivity contribution in [2.24, 2.45) is 0 Å². The third-order valence-electron chi connectivity index (χ3n) is 3.23. The SMILES string of the molecule is CCC1C(=O)NC(=O)CN1C(=O)c1cc(F)c(N)c(F)c1. The van der Waals surface area contributed by atoms with Crippen molar-refractivity contribution in [2.45, 2.75) is 19.4 Å². The van der Waals surface area contributed by atoms with Gasteiger partial charge in [0.05, 0.1) is 0 Å². The first kappa shape index (κ1) is 14.9. The smallest absolute Gasteiger partial charge is 0.255 e. The summed E-state index contributed by atoms with van der Waals surface area (Å²) in [5.74, 6) is -4.20. The number of nitrogens with one attached hydrogen (secondary N) is 1. The van der Waals surface area contributed by atoms with Gasteiger partial charge in [0.1, 0.15) is 29.9 Å². The van der Waals surface area contributed by atoms with E-state index in [2.05, 4.69) is 5.32 Å². The first-order valence-corrected chi connectivity index (χ1v) is 6.24. The molecule has 1 atom stereocenters. The number of halogens is 2. The summed E-state index contributed by atoms with van der Waals surface area (Å²) >= 11 is 0. The van der Waals surface area contributed by atoms with Crippen molar-refractivity contribution in [2.75, 3.05) is 12.3 Å². The number of hydrogen-bond donors (Lipinski definition) is 2. The molecule has 21 heavy (non-hydrogen) atoms.